The molecule has 2 N–H and O–H groups in total. The van der Waals surface area contributed by atoms with Gasteiger partial charge in [0.2, 0.25) is 0 Å². The molecule has 0 saturated heterocycles. The van der Waals surface area contributed by atoms with Gasteiger partial charge in [-0.15, -0.1) is 0 Å². The minimum atomic E-state index is -0.356. The molecule has 0 radical (unpaired) electrons. The van der Waals surface area contributed by atoms with E-state index in [0.717, 1.165) is 12.8 Å². The van der Waals surface area contributed by atoms with E-state index >= 15 is 0 Å². The molecule has 0 spiro atoms. The van der Waals surface area contributed by atoms with Crippen molar-refractivity contribution in [3.05, 3.63) is 29.6 Å². The van der Waals surface area contributed by atoms with E-state index < -0.39 is 0 Å². The van der Waals surface area contributed by atoms with Gasteiger partial charge in [0.1, 0.15) is 11.6 Å². The van der Waals surface area contributed by atoms with Gasteiger partial charge in [0.05, 0.1) is 0 Å². The lowest BCUT2D eigenvalue weighted by Gasteiger charge is -2.12. The summed E-state index contributed by atoms with van der Waals surface area (Å²) >= 11 is 0. The third kappa shape index (κ3) is 1.39. The lowest BCUT2D eigenvalue weighted by Crippen LogP contribution is -2.09. The van der Waals surface area contributed by atoms with Crippen LogP contribution in [0, 0.1) is 5.82 Å². The zero-order chi connectivity index (χ0) is 10.1. The number of rotatable bonds is 1. The average molecular weight is 193 g/mol. The molecule has 0 heterocycles. The lowest BCUT2D eigenvalue weighted by molar-refractivity contribution is -0.118. The zero-order valence-corrected chi connectivity index (χ0v) is 7.79. The molecule has 74 valence electrons. The van der Waals surface area contributed by atoms with Gasteiger partial charge < -0.3 is 5.73 Å². The maximum atomic E-state index is 13.4. The predicted molar refractivity (Wildman–Crippen MR) is 52.4 cm³/mol. The Bertz CT molecular complexity index is 355. The summed E-state index contributed by atoms with van der Waals surface area (Å²) in [5, 5.41) is 0. The number of Topliss-reactive ketones (excluding diaryl/α,β-unsaturated/α-hetero) is 1. The van der Waals surface area contributed by atoms with E-state index in [-0.39, 0.29) is 17.5 Å². The molecule has 14 heavy (non-hydrogen) atoms. The van der Waals surface area contributed by atoms with Crippen LogP contribution >= 0.6 is 0 Å². The van der Waals surface area contributed by atoms with Crippen molar-refractivity contribution in [1.29, 1.82) is 0 Å². The highest BCUT2D eigenvalue weighted by Gasteiger charge is 2.29. The summed E-state index contributed by atoms with van der Waals surface area (Å²) < 4.78 is 13.4. The number of ketones is 1. The summed E-state index contributed by atoms with van der Waals surface area (Å²) in [6.45, 7) is 0. The second-order valence-electron chi connectivity index (χ2n) is 3.65. The van der Waals surface area contributed by atoms with Crippen molar-refractivity contribution >= 4 is 11.5 Å². The topological polar surface area (TPSA) is 43.1 Å². The minimum Gasteiger partial charge on any atom is -0.398 e. The van der Waals surface area contributed by atoms with Gasteiger partial charge in [0.25, 0.3) is 0 Å². The van der Waals surface area contributed by atoms with Crippen LogP contribution < -0.4 is 5.73 Å². The molecule has 2 nitrogen and oxygen atoms in total. The Morgan fingerprint density at radius 2 is 2.21 bits per heavy atom. The van der Waals surface area contributed by atoms with Gasteiger partial charge in [-0.25, -0.2) is 4.39 Å². The van der Waals surface area contributed by atoms with Crippen LogP contribution in [0.15, 0.2) is 18.2 Å². The summed E-state index contributed by atoms with van der Waals surface area (Å²) in [5.74, 6) is -0.553. The van der Waals surface area contributed by atoms with Gasteiger partial charge in [-0.05, 0) is 25.0 Å². The normalized spacial score (nSPS) is 21.5. The number of carbonyl (C=O) groups is 1. The van der Waals surface area contributed by atoms with Crippen molar-refractivity contribution in [2.45, 2.75) is 25.2 Å². The third-order valence-electron chi connectivity index (χ3n) is 2.74. The van der Waals surface area contributed by atoms with Crippen molar-refractivity contribution in [1.82, 2.24) is 0 Å². The largest absolute Gasteiger partial charge is 0.398 e. The first kappa shape index (κ1) is 9.19. The van der Waals surface area contributed by atoms with Gasteiger partial charge >= 0.3 is 0 Å². The first-order valence-electron chi connectivity index (χ1n) is 4.76. The molecule has 0 bridgehead atoms. The number of halogens is 1. The predicted octanol–water partition coefficient (Wildman–Crippen LogP) is 2.24. The highest BCUT2D eigenvalue weighted by atomic mass is 19.1. The van der Waals surface area contributed by atoms with Gasteiger partial charge in [0.15, 0.2) is 0 Å². The number of nitrogens with two attached hydrogens (primary N) is 1. The standard InChI is InChI=1S/C11H12FNO/c12-8-4-2-5-9(13)11(8)7-3-1-6-10(7)14/h2,4-5,7H,1,3,6,13H2. The molecule has 1 aromatic rings. The molecule has 1 aromatic carbocycles. The van der Waals surface area contributed by atoms with E-state index in [1.165, 1.54) is 6.07 Å². The van der Waals surface area contributed by atoms with Crippen molar-refractivity contribution in [3.8, 4) is 0 Å². The van der Waals surface area contributed by atoms with E-state index in [9.17, 15) is 9.18 Å². The molecule has 2 rings (SSSR count). The highest BCUT2D eigenvalue weighted by Crippen LogP contribution is 2.35. The zero-order valence-electron chi connectivity index (χ0n) is 7.79. The molecule has 0 amide bonds. The van der Waals surface area contributed by atoms with Gasteiger partial charge in [-0.1, -0.05) is 6.07 Å². The third-order valence-corrected chi connectivity index (χ3v) is 2.74. The number of hydrogen-bond donors (Lipinski definition) is 1. The maximum Gasteiger partial charge on any atom is 0.140 e. The van der Waals surface area contributed by atoms with Crippen LogP contribution in [0.5, 0.6) is 0 Å². The first-order chi connectivity index (χ1) is 6.70. The van der Waals surface area contributed by atoms with Crippen LogP contribution in [0.3, 0.4) is 0 Å². The summed E-state index contributed by atoms with van der Waals surface area (Å²) in [4.78, 5) is 11.5. The molecular formula is C11H12FNO. The van der Waals surface area contributed by atoms with Crippen LogP contribution in [0.1, 0.15) is 30.7 Å². The summed E-state index contributed by atoms with van der Waals surface area (Å²) in [7, 11) is 0. The van der Waals surface area contributed by atoms with Crippen molar-refractivity contribution in [2.24, 2.45) is 0 Å². The van der Waals surface area contributed by atoms with Gasteiger partial charge in [-0.3, -0.25) is 4.79 Å². The van der Waals surface area contributed by atoms with E-state index in [1.54, 1.807) is 12.1 Å². The van der Waals surface area contributed by atoms with Crippen LogP contribution in [-0.4, -0.2) is 5.78 Å². The van der Waals surface area contributed by atoms with Crippen LogP contribution in [0.4, 0.5) is 10.1 Å². The first-order valence-corrected chi connectivity index (χ1v) is 4.76. The molecule has 1 atom stereocenters. The smallest absolute Gasteiger partial charge is 0.140 e. The molecule has 1 saturated carbocycles. The molecule has 1 aliphatic carbocycles. The van der Waals surface area contributed by atoms with E-state index in [1.807, 2.05) is 0 Å². The number of anilines is 1. The number of benzene rings is 1. The van der Waals surface area contributed by atoms with Crippen LogP contribution in [0.2, 0.25) is 0 Å². The van der Waals surface area contributed by atoms with Crippen molar-refractivity contribution in [2.75, 3.05) is 5.73 Å². The highest BCUT2D eigenvalue weighted by molar-refractivity contribution is 5.89. The van der Waals surface area contributed by atoms with Crippen molar-refractivity contribution < 1.29 is 9.18 Å². The maximum absolute atomic E-state index is 13.4. The molecule has 3 heteroatoms. The second-order valence-corrected chi connectivity index (χ2v) is 3.65. The number of hydrogen-bond acceptors (Lipinski definition) is 2. The molecule has 0 aliphatic heterocycles. The van der Waals surface area contributed by atoms with Crippen LogP contribution in [0.25, 0.3) is 0 Å². The minimum absolute atomic E-state index is 0.113. The lowest BCUT2D eigenvalue weighted by atomic mass is 9.95. The Morgan fingerprint density at radius 3 is 2.79 bits per heavy atom. The Kier molecular flexibility index (Phi) is 2.23. The monoisotopic (exact) mass is 193 g/mol. The van der Waals surface area contributed by atoms with Gasteiger partial charge in [0, 0.05) is 23.6 Å². The molecule has 1 fully saturated rings. The number of carbonyl (C=O) groups excluding carboxylic acids is 1. The fourth-order valence-corrected chi connectivity index (χ4v) is 2.04. The van der Waals surface area contributed by atoms with E-state index in [2.05, 4.69) is 0 Å². The quantitative estimate of drug-likeness (QED) is 0.695. The molecule has 1 unspecified atom stereocenters. The Hall–Kier alpha value is -1.38. The van der Waals surface area contributed by atoms with E-state index in [0.29, 0.717) is 17.7 Å². The molecule has 1 aliphatic rings. The Morgan fingerprint density at radius 1 is 1.43 bits per heavy atom. The fourth-order valence-electron chi connectivity index (χ4n) is 2.04. The average Bonchev–Trinajstić information content (AvgIpc) is 2.52. The Balaban J connectivity index is 2.44. The SMILES string of the molecule is Nc1cccc(F)c1C1CCCC1=O. The van der Waals surface area contributed by atoms with Crippen LogP contribution in [-0.2, 0) is 4.79 Å². The fraction of sp³-hybridized carbons (Fsp3) is 0.364. The summed E-state index contributed by atoms with van der Waals surface area (Å²) in [5.41, 5.74) is 6.46. The Labute approximate surface area is 81.9 Å². The number of nitrogen functional groups attached to an aromatic ring is 1. The molecule has 0 aromatic heterocycles. The van der Waals surface area contributed by atoms with Crippen molar-refractivity contribution in [3.63, 3.8) is 0 Å². The van der Waals surface area contributed by atoms with Gasteiger partial charge in [-0.2, -0.15) is 0 Å². The molecular weight excluding hydrogens is 181 g/mol. The van der Waals surface area contributed by atoms with E-state index in [4.69, 9.17) is 5.73 Å². The summed E-state index contributed by atoms with van der Waals surface area (Å²) in [6, 6.07) is 4.56. The summed E-state index contributed by atoms with van der Waals surface area (Å²) in [6.07, 6.45) is 2.12. The second kappa shape index (κ2) is 3.40.